The average Bonchev–Trinajstić information content (AvgIpc) is 3.25. The fraction of sp³-hybridized carbons (Fsp3) is 0.292. The molecule has 1 amide bonds. The van der Waals surface area contributed by atoms with Crippen molar-refractivity contribution in [1.82, 2.24) is 4.57 Å². The summed E-state index contributed by atoms with van der Waals surface area (Å²) < 4.78 is 12.2. The number of amides is 1. The Morgan fingerprint density at radius 1 is 1.15 bits per heavy atom. The summed E-state index contributed by atoms with van der Waals surface area (Å²) in [4.78, 5) is 38.8. The molecule has 174 valence electrons. The maximum atomic E-state index is 13.4. The summed E-state index contributed by atoms with van der Waals surface area (Å²) in [5.41, 5.74) is 2.63. The van der Waals surface area contributed by atoms with Crippen LogP contribution in [0.1, 0.15) is 55.5 Å². The minimum absolute atomic E-state index is 0.0327. The summed E-state index contributed by atoms with van der Waals surface area (Å²) in [6.07, 6.45) is 1.45. The number of rotatable bonds is 8. The Labute approximate surface area is 200 Å². The number of esters is 2. The van der Waals surface area contributed by atoms with E-state index in [-0.39, 0.29) is 28.7 Å². The van der Waals surface area contributed by atoms with E-state index in [2.05, 4.69) is 11.9 Å². The molecule has 0 aliphatic rings. The summed E-state index contributed by atoms with van der Waals surface area (Å²) in [6, 6.07) is 5.47. The molecular formula is C24H25ClN2O5S. The van der Waals surface area contributed by atoms with Crippen LogP contribution in [0.25, 0.3) is 10.9 Å². The Hall–Kier alpha value is -3.10. The van der Waals surface area contributed by atoms with Crippen LogP contribution in [0.5, 0.6) is 0 Å². The van der Waals surface area contributed by atoms with Gasteiger partial charge in [-0.15, -0.1) is 11.3 Å². The number of hydrogen-bond donors (Lipinski definition) is 1. The molecule has 9 heteroatoms. The molecule has 2 heterocycles. The van der Waals surface area contributed by atoms with Gasteiger partial charge in [0.05, 0.1) is 12.2 Å². The van der Waals surface area contributed by atoms with Gasteiger partial charge < -0.3 is 19.4 Å². The Kier molecular flexibility index (Phi) is 7.61. The van der Waals surface area contributed by atoms with Crippen LogP contribution in [0.15, 0.2) is 30.9 Å². The van der Waals surface area contributed by atoms with Gasteiger partial charge >= 0.3 is 11.9 Å². The van der Waals surface area contributed by atoms with Crippen molar-refractivity contribution in [2.24, 2.45) is 0 Å². The molecule has 0 bridgehead atoms. The average molecular weight is 489 g/mol. The monoisotopic (exact) mass is 488 g/mol. The SMILES string of the molecule is C=CCOC(=O)c1sc(NC(=O)c2c(C)c3cc(Cl)ccc3n2CC)c(C(=O)OCC)c1C. The number of carbonyl (C=O) groups is 3. The molecule has 0 fully saturated rings. The van der Waals surface area contributed by atoms with Crippen molar-refractivity contribution in [2.75, 3.05) is 18.5 Å². The van der Waals surface area contributed by atoms with E-state index in [1.165, 1.54) is 6.08 Å². The third-order valence-electron chi connectivity index (χ3n) is 5.18. The minimum atomic E-state index is -0.621. The second-order valence-electron chi connectivity index (χ2n) is 7.20. The normalized spacial score (nSPS) is 10.8. The number of aryl methyl sites for hydroxylation is 2. The summed E-state index contributed by atoms with van der Waals surface area (Å²) >= 11 is 7.15. The lowest BCUT2D eigenvalue weighted by Gasteiger charge is -2.10. The first kappa shape index (κ1) is 24.5. The number of halogens is 1. The molecule has 0 atom stereocenters. The number of thiophene rings is 1. The fourth-order valence-electron chi connectivity index (χ4n) is 3.72. The van der Waals surface area contributed by atoms with E-state index in [1.807, 2.05) is 30.5 Å². The lowest BCUT2D eigenvalue weighted by atomic mass is 10.1. The lowest BCUT2D eigenvalue weighted by molar-refractivity contribution is 0.0527. The van der Waals surface area contributed by atoms with E-state index in [1.54, 1.807) is 19.9 Å². The molecule has 0 spiro atoms. The van der Waals surface area contributed by atoms with Gasteiger partial charge in [-0.2, -0.15) is 0 Å². The third-order valence-corrected chi connectivity index (χ3v) is 6.60. The number of benzene rings is 1. The highest BCUT2D eigenvalue weighted by atomic mass is 35.5. The highest BCUT2D eigenvalue weighted by Gasteiger charge is 2.29. The van der Waals surface area contributed by atoms with Crippen LogP contribution in [0, 0.1) is 13.8 Å². The molecule has 0 radical (unpaired) electrons. The Balaban J connectivity index is 2.08. The number of hydrogen-bond acceptors (Lipinski definition) is 6. The quantitative estimate of drug-likeness (QED) is 0.321. The molecule has 0 aliphatic heterocycles. The molecule has 0 saturated heterocycles. The van der Waals surface area contributed by atoms with Gasteiger partial charge in [-0.05, 0) is 57.0 Å². The van der Waals surface area contributed by atoms with Crippen molar-refractivity contribution in [3.8, 4) is 0 Å². The second-order valence-corrected chi connectivity index (χ2v) is 8.66. The highest BCUT2D eigenvalue weighted by Crippen LogP contribution is 2.36. The van der Waals surface area contributed by atoms with Gasteiger partial charge in [0.25, 0.3) is 5.91 Å². The Bertz CT molecular complexity index is 1260. The van der Waals surface area contributed by atoms with E-state index in [0.29, 0.717) is 22.8 Å². The van der Waals surface area contributed by atoms with E-state index >= 15 is 0 Å². The first-order chi connectivity index (χ1) is 15.7. The molecule has 1 aromatic carbocycles. The van der Waals surface area contributed by atoms with Gasteiger partial charge in [0, 0.05) is 22.5 Å². The Morgan fingerprint density at radius 3 is 2.52 bits per heavy atom. The maximum Gasteiger partial charge on any atom is 0.348 e. The molecular weight excluding hydrogens is 464 g/mol. The summed E-state index contributed by atoms with van der Waals surface area (Å²) in [5.74, 6) is -1.62. The summed E-state index contributed by atoms with van der Waals surface area (Å²) in [6.45, 7) is 11.4. The summed E-state index contributed by atoms with van der Waals surface area (Å²) in [7, 11) is 0. The zero-order valence-electron chi connectivity index (χ0n) is 18.9. The van der Waals surface area contributed by atoms with E-state index in [0.717, 1.165) is 27.8 Å². The van der Waals surface area contributed by atoms with E-state index < -0.39 is 17.8 Å². The number of nitrogens with zero attached hydrogens (tertiary/aromatic N) is 1. The van der Waals surface area contributed by atoms with Crippen molar-refractivity contribution >= 4 is 56.7 Å². The minimum Gasteiger partial charge on any atom is -0.462 e. The molecule has 0 unspecified atom stereocenters. The predicted octanol–water partition coefficient (Wildman–Crippen LogP) is 5.76. The van der Waals surface area contributed by atoms with Gasteiger partial charge in [-0.1, -0.05) is 24.3 Å². The number of aromatic nitrogens is 1. The fourth-order valence-corrected chi connectivity index (χ4v) is 4.98. The van der Waals surface area contributed by atoms with Crippen LogP contribution in [0.2, 0.25) is 5.02 Å². The molecule has 0 saturated carbocycles. The van der Waals surface area contributed by atoms with Gasteiger partial charge in [0.15, 0.2) is 0 Å². The van der Waals surface area contributed by atoms with Crippen LogP contribution in [0.3, 0.4) is 0 Å². The third kappa shape index (κ3) is 4.67. The standard InChI is InChI=1S/C24H25ClN2O5S/c1-6-11-32-24(30)20-14(5)18(23(29)31-8-3)22(33-20)26-21(28)19-13(4)16-12-15(25)9-10-17(16)27(19)7-2/h6,9-10,12H,1,7-8,11H2,2-5H3,(H,26,28). The molecule has 7 nitrogen and oxygen atoms in total. The smallest absolute Gasteiger partial charge is 0.348 e. The molecule has 2 aromatic heterocycles. The number of anilines is 1. The topological polar surface area (TPSA) is 86.6 Å². The van der Waals surface area contributed by atoms with Gasteiger partial charge in [0.1, 0.15) is 22.2 Å². The largest absolute Gasteiger partial charge is 0.462 e. The lowest BCUT2D eigenvalue weighted by Crippen LogP contribution is -2.19. The molecule has 33 heavy (non-hydrogen) atoms. The summed E-state index contributed by atoms with van der Waals surface area (Å²) in [5, 5.41) is 4.50. The molecule has 1 N–H and O–H groups in total. The van der Waals surface area contributed by atoms with Gasteiger partial charge in [0.2, 0.25) is 0 Å². The van der Waals surface area contributed by atoms with Crippen LogP contribution >= 0.6 is 22.9 Å². The van der Waals surface area contributed by atoms with Crippen molar-refractivity contribution < 1.29 is 23.9 Å². The van der Waals surface area contributed by atoms with Crippen LogP contribution < -0.4 is 5.32 Å². The number of nitrogens with one attached hydrogen (secondary N) is 1. The molecule has 0 aliphatic carbocycles. The highest BCUT2D eigenvalue weighted by molar-refractivity contribution is 7.18. The second kappa shape index (κ2) is 10.2. The van der Waals surface area contributed by atoms with Crippen molar-refractivity contribution in [3.63, 3.8) is 0 Å². The van der Waals surface area contributed by atoms with E-state index in [4.69, 9.17) is 21.1 Å². The Morgan fingerprint density at radius 2 is 1.88 bits per heavy atom. The zero-order chi connectivity index (χ0) is 24.3. The van der Waals surface area contributed by atoms with Crippen molar-refractivity contribution in [2.45, 2.75) is 34.2 Å². The van der Waals surface area contributed by atoms with Crippen LogP contribution in [0.4, 0.5) is 5.00 Å². The zero-order valence-corrected chi connectivity index (χ0v) is 20.5. The van der Waals surface area contributed by atoms with Crippen LogP contribution in [-0.2, 0) is 16.0 Å². The van der Waals surface area contributed by atoms with Gasteiger partial charge in [-0.25, -0.2) is 9.59 Å². The number of carbonyl (C=O) groups excluding carboxylic acids is 3. The molecule has 3 aromatic rings. The van der Waals surface area contributed by atoms with Gasteiger partial charge in [-0.3, -0.25) is 4.79 Å². The number of ether oxygens (including phenoxy) is 2. The predicted molar refractivity (Wildman–Crippen MR) is 131 cm³/mol. The van der Waals surface area contributed by atoms with E-state index in [9.17, 15) is 14.4 Å². The first-order valence-electron chi connectivity index (χ1n) is 10.4. The maximum absolute atomic E-state index is 13.4. The first-order valence-corrected chi connectivity index (χ1v) is 11.6. The van der Waals surface area contributed by atoms with Crippen molar-refractivity contribution in [1.29, 1.82) is 0 Å². The van der Waals surface area contributed by atoms with Crippen molar-refractivity contribution in [3.05, 3.63) is 63.1 Å². The van der Waals surface area contributed by atoms with Crippen LogP contribution in [-0.4, -0.2) is 35.6 Å². The molecule has 3 rings (SSSR count). The number of fused-ring (bicyclic) bond motifs is 1.